The molecule has 0 N–H and O–H groups in total. The third-order valence-corrected chi connectivity index (χ3v) is 4.96. The van der Waals surface area contributed by atoms with Crippen LogP contribution >= 0.6 is 0 Å². The molecule has 23 heavy (non-hydrogen) atoms. The molecule has 0 unspecified atom stereocenters. The lowest BCUT2D eigenvalue weighted by Gasteiger charge is -2.38. The first-order valence-corrected chi connectivity index (χ1v) is 8.32. The van der Waals surface area contributed by atoms with Gasteiger partial charge in [-0.05, 0) is 30.5 Å². The Morgan fingerprint density at radius 3 is 2.83 bits per heavy atom. The molecule has 3 rings (SSSR count). The number of hydrogen-bond donors (Lipinski definition) is 0. The minimum atomic E-state index is -1.38. The van der Waals surface area contributed by atoms with Gasteiger partial charge in [-0.15, -0.1) is 0 Å². The Hall–Kier alpha value is -1.62. The topological polar surface area (TPSA) is 38.8 Å². The molecule has 1 aromatic rings. The van der Waals surface area contributed by atoms with E-state index in [1.165, 1.54) is 0 Å². The normalized spacial score (nSPS) is 24.3. The summed E-state index contributed by atoms with van der Waals surface area (Å²) in [6, 6.07) is 7.18. The lowest BCUT2D eigenvalue weighted by atomic mass is 9.85. The lowest BCUT2D eigenvalue weighted by molar-refractivity contribution is -0.142. The largest absolute Gasteiger partial charge is 0.497 e. The Bertz CT molecular complexity index is 549. The van der Waals surface area contributed by atoms with Crippen molar-refractivity contribution in [2.24, 2.45) is 5.92 Å². The molecule has 2 fully saturated rings. The Kier molecular flexibility index (Phi) is 4.85. The van der Waals surface area contributed by atoms with Gasteiger partial charge in [-0.3, -0.25) is 4.79 Å². The van der Waals surface area contributed by atoms with Gasteiger partial charge in [0, 0.05) is 32.5 Å². The van der Waals surface area contributed by atoms with Crippen molar-refractivity contribution in [2.45, 2.75) is 31.4 Å². The molecule has 1 atom stereocenters. The van der Waals surface area contributed by atoms with Crippen LogP contribution in [0.2, 0.25) is 0 Å². The molecule has 2 aliphatic heterocycles. The van der Waals surface area contributed by atoms with E-state index in [2.05, 4.69) is 0 Å². The number of nitrogens with zero attached hydrogens (tertiary/aromatic N) is 1. The Morgan fingerprint density at radius 1 is 1.39 bits per heavy atom. The third kappa shape index (κ3) is 3.50. The summed E-state index contributed by atoms with van der Waals surface area (Å²) in [5.41, 5.74) is -0.737. The number of carbonyl (C=O) groups is 1. The lowest BCUT2D eigenvalue weighted by Crippen LogP contribution is -2.47. The van der Waals surface area contributed by atoms with E-state index in [4.69, 9.17) is 9.47 Å². The summed E-state index contributed by atoms with van der Waals surface area (Å²) >= 11 is 0. The standard InChI is InChI=1S/C18H24FNO3/c1-22-16-6-2-5-15(12-16)18(19)7-9-20(10-8-18)17(21)14-4-3-11-23-13-14/h2,5-6,12,14H,3-4,7-11,13H2,1H3/t14-/m0/s1. The van der Waals surface area contributed by atoms with Gasteiger partial charge in [0.15, 0.2) is 0 Å². The number of ether oxygens (including phenoxy) is 2. The monoisotopic (exact) mass is 321 g/mol. The first kappa shape index (κ1) is 16.2. The van der Waals surface area contributed by atoms with Crippen molar-refractivity contribution < 1.29 is 18.7 Å². The zero-order valence-corrected chi connectivity index (χ0v) is 13.6. The average molecular weight is 321 g/mol. The van der Waals surface area contributed by atoms with E-state index < -0.39 is 5.67 Å². The molecule has 0 saturated carbocycles. The highest BCUT2D eigenvalue weighted by molar-refractivity contribution is 5.79. The molecular formula is C18H24FNO3. The number of rotatable bonds is 3. The molecule has 2 heterocycles. The molecule has 1 amide bonds. The van der Waals surface area contributed by atoms with Crippen LogP contribution in [-0.2, 0) is 15.2 Å². The maximum atomic E-state index is 15.3. The van der Waals surface area contributed by atoms with Gasteiger partial charge in [-0.1, -0.05) is 12.1 Å². The second kappa shape index (κ2) is 6.87. The van der Waals surface area contributed by atoms with E-state index in [0.717, 1.165) is 19.4 Å². The van der Waals surface area contributed by atoms with Crippen molar-refractivity contribution in [1.82, 2.24) is 4.90 Å². The molecular weight excluding hydrogens is 297 g/mol. The number of alkyl halides is 1. The first-order valence-electron chi connectivity index (χ1n) is 8.32. The number of carbonyl (C=O) groups excluding carboxylic acids is 1. The Labute approximate surface area is 136 Å². The van der Waals surface area contributed by atoms with Crippen molar-refractivity contribution in [3.63, 3.8) is 0 Å². The van der Waals surface area contributed by atoms with E-state index in [0.29, 0.717) is 43.9 Å². The number of halogens is 1. The molecule has 1 aromatic carbocycles. The van der Waals surface area contributed by atoms with Crippen LogP contribution in [0.4, 0.5) is 4.39 Å². The van der Waals surface area contributed by atoms with Gasteiger partial charge in [0.25, 0.3) is 0 Å². The SMILES string of the molecule is COc1cccc(C2(F)CCN(C(=O)[C@H]3CCCOC3)CC2)c1. The quantitative estimate of drug-likeness (QED) is 0.859. The van der Waals surface area contributed by atoms with E-state index in [1.807, 2.05) is 12.1 Å². The van der Waals surface area contributed by atoms with Crippen LogP contribution in [0.1, 0.15) is 31.2 Å². The molecule has 0 aromatic heterocycles. The van der Waals surface area contributed by atoms with E-state index in [-0.39, 0.29) is 11.8 Å². The number of hydrogen-bond acceptors (Lipinski definition) is 3. The van der Waals surface area contributed by atoms with Gasteiger partial charge in [0.05, 0.1) is 19.6 Å². The highest BCUT2D eigenvalue weighted by Gasteiger charge is 2.39. The van der Waals surface area contributed by atoms with Crippen molar-refractivity contribution in [2.75, 3.05) is 33.4 Å². The molecule has 2 saturated heterocycles. The van der Waals surface area contributed by atoms with Gasteiger partial charge in [0.1, 0.15) is 11.4 Å². The maximum absolute atomic E-state index is 15.3. The third-order valence-electron chi connectivity index (χ3n) is 4.96. The Balaban J connectivity index is 1.63. The van der Waals surface area contributed by atoms with Crippen LogP contribution in [0.3, 0.4) is 0 Å². The number of piperidine rings is 1. The van der Waals surface area contributed by atoms with Crippen LogP contribution in [-0.4, -0.2) is 44.2 Å². The highest BCUT2D eigenvalue weighted by atomic mass is 19.1. The number of benzene rings is 1. The van der Waals surface area contributed by atoms with Crippen LogP contribution in [0, 0.1) is 5.92 Å². The summed E-state index contributed by atoms with van der Waals surface area (Å²) in [5, 5.41) is 0. The summed E-state index contributed by atoms with van der Waals surface area (Å²) in [6.45, 7) is 2.17. The number of amides is 1. The van der Waals surface area contributed by atoms with E-state index in [1.54, 1.807) is 24.1 Å². The Morgan fingerprint density at radius 2 is 2.17 bits per heavy atom. The van der Waals surface area contributed by atoms with Crippen molar-refractivity contribution >= 4 is 5.91 Å². The van der Waals surface area contributed by atoms with Crippen LogP contribution in [0.25, 0.3) is 0 Å². The van der Waals surface area contributed by atoms with E-state index in [9.17, 15) is 4.79 Å². The molecule has 4 nitrogen and oxygen atoms in total. The summed E-state index contributed by atoms with van der Waals surface area (Å²) in [7, 11) is 1.58. The zero-order chi connectivity index (χ0) is 16.3. The average Bonchev–Trinajstić information content (AvgIpc) is 2.62. The molecule has 0 aliphatic carbocycles. The van der Waals surface area contributed by atoms with Gasteiger partial charge in [-0.2, -0.15) is 0 Å². The van der Waals surface area contributed by atoms with Crippen LogP contribution in [0.5, 0.6) is 5.75 Å². The molecule has 0 radical (unpaired) electrons. The first-order chi connectivity index (χ1) is 11.1. The second-order valence-corrected chi connectivity index (χ2v) is 6.44. The van der Waals surface area contributed by atoms with Gasteiger partial charge in [0.2, 0.25) is 5.91 Å². The fourth-order valence-corrected chi connectivity index (χ4v) is 3.47. The summed E-state index contributed by atoms with van der Waals surface area (Å²) < 4.78 is 25.9. The van der Waals surface area contributed by atoms with Gasteiger partial charge in [-0.25, -0.2) is 4.39 Å². The summed E-state index contributed by atoms with van der Waals surface area (Å²) in [6.07, 6.45) is 2.48. The summed E-state index contributed by atoms with van der Waals surface area (Å²) in [4.78, 5) is 14.3. The molecule has 126 valence electrons. The number of methoxy groups -OCH3 is 1. The van der Waals surface area contributed by atoms with Crippen molar-refractivity contribution in [3.05, 3.63) is 29.8 Å². The second-order valence-electron chi connectivity index (χ2n) is 6.44. The minimum Gasteiger partial charge on any atom is -0.497 e. The molecule has 0 bridgehead atoms. The predicted octanol–water partition coefficient (Wildman–Crippen LogP) is 2.91. The smallest absolute Gasteiger partial charge is 0.228 e. The van der Waals surface area contributed by atoms with E-state index >= 15 is 4.39 Å². The zero-order valence-electron chi connectivity index (χ0n) is 13.6. The molecule has 0 spiro atoms. The van der Waals surface area contributed by atoms with Crippen LogP contribution in [0.15, 0.2) is 24.3 Å². The fourth-order valence-electron chi connectivity index (χ4n) is 3.47. The van der Waals surface area contributed by atoms with Crippen LogP contribution < -0.4 is 4.74 Å². The predicted molar refractivity (Wildman–Crippen MR) is 85.1 cm³/mol. The highest BCUT2D eigenvalue weighted by Crippen LogP contribution is 2.38. The summed E-state index contributed by atoms with van der Waals surface area (Å²) in [5.74, 6) is 0.738. The van der Waals surface area contributed by atoms with Gasteiger partial charge < -0.3 is 14.4 Å². The molecule has 2 aliphatic rings. The van der Waals surface area contributed by atoms with Crippen molar-refractivity contribution in [3.8, 4) is 5.75 Å². The van der Waals surface area contributed by atoms with Crippen molar-refractivity contribution in [1.29, 1.82) is 0 Å². The fraction of sp³-hybridized carbons (Fsp3) is 0.611. The molecule has 5 heteroatoms. The minimum absolute atomic E-state index is 0.0484. The number of likely N-dealkylation sites (tertiary alicyclic amines) is 1. The maximum Gasteiger partial charge on any atom is 0.228 e. The van der Waals surface area contributed by atoms with Gasteiger partial charge >= 0.3 is 0 Å².